The molecule has 142 valence electrons. The molecule has 1 atom stereocenters. The second-order valence-electron chi connectivity index (χ2n) is 6.14. The molecule has 2 N–H and O–H groups in total. The van der Waals surface area contributed by atoms with Gasteiger partial charge < -0.3 is 14.8 Å². The van der Waals surface area contributed by atoms with E-state index in [4.69, 9.17) is 21.7 Å². The lowest BCUT2D eigenvalue weighted by molar-refractivity contribution is -0.121. The average molecular weight is 397 g/mol. The van der Waals surface area contributed by atoms with Gasteiger partial charge in [-0.05, 0) is 42.9 Å². The van der Waals surface area contributed by atoms with Gasteiger partial charge in [0, 0.05) is 32.7 Å². The van der Waals surface area contributed by atoms with Crippen molar-refractivity contribution in [3.05, 3.63) is 22.3 Å². The topological polar surface area (TPSA) is 81.2 Å². The summed E-state index contributed by atoms with van der Waals surface area (Å²) >= 11 is 6.87. The van der Waals surface area contributed by atoms with Crippen LogP contribution in [-0.2, 0) is 20.8 Å². The number of thiophene rings is 1. The number of aromatic amines is 1. The first-order chi connectivity index (χ1) is 12.7. The second-order valence-corrected chi connectivity index (χ2v) is 7.48. The molecule has 0 radical (unpaired) electrons. The quantitative estimate of drug-likeness (QED) is 0.477. The maximum atomic E-state index is 12.0. The first kappa shape index (κ1) is 19.2. The largest absolute Gasteiger partial charge is 0.379 e. The van der Waals surface area contributed by atoms with Gasteiger partial charge >= 0.3 is 0 Å². The maximum absolute atomic E-state index is 12.0. The van der Waals surface area contributed by atoms with Gasteiger partial charge in [0.15, 0.2) is 10.6 Å². The molecule has 1 aliphatic heterocycles. The Morgan fingerprint density at radius 1 is 1.58 bits per heavy atom. The Morgan fingerprint density at radius 2 is 2.50 bits per heavy atom. The smallest absolute Gasteiger partial charge is 0.221 e. The van der Waals surface area contributed by atoms with Crippen LogP contribution in [-0.4, -0.2) is 53.1 Å². The monoisotopic (exact) mass is 396 g/mol. The van der Waals surface area contributed by atoms with Crippen molar-refractivity contribution in [3.8, 4) is 10.7 Å². The van der Waals surface area contributed by atoms with Crippen molar-refractivity contribution in [1.29, 1.82) is 0 Å². The molecular formula is C17H24N4O3S2. The van der Waals surface area contributed by atoms with Crippen LogP contribution in [0.5, 0.6) is 0 Å². The maximum Gasteiger partial charge on any atom is 0.221 e. The summed E-state index contributed by atoms with van der Waals surface area (Å²) in [5.41, 5.74) is 0. The molecule has 26 heavy (non-hydrogen) atoms. The van der Waals surface area contributed by atoms with Gasteiger partial charge in [0.1, 0.15) is 0 Å². The molecule has 1 unspecified atom stereocenters. The van der Waals surface area contributed by atoms with Gasteiger partial charge in [-0.15, -0.1) is 11.3 Å². The summed E-state index contributed by atoms with van der Waals surface area (Å²) in [5, 5.41) is 12.0. The zero-order chi connectivity index (χ0) is 18.2. The Labute approximate surface area is 161 Å². The Morgan fingerprint density at radius 3 is 3.27 bits per heavy atom. The van der Waals surface area contributed by atoms with Gasteiger partial charge in [-0.3, -0.25) is 14.5 Å². The number of rotatable bonds is 10. The Balaban J connectivity index is 1.33. The third-order valence-corrected chi connectivity index (χ3v) is 5.36. The molecule has 1 aliphatic rings. The van der Waals surface area contributed by atoms with Crippen LogP contribution in [0.4, 0.5) is 0 Å². The minimum atomic E-state index is 0.00403. The molecule has 1 fully saturated rings. The molecular weight excluding hydrogens is 372 g/mol. The SMILES string of the molecule is O=C(CCn1c(-c2cccs2)n[nH]c1=S)NCCCOCC1CCCO1. The van der Waals surface area contributed by atoms with E-state index in [1.54, 1.807) is 11.3 Å². The van der Waals surface area contributed by atoms with Crippen molar-refractivity contribution >= 4 is 29.5 Å². The molecule has 1 amide bonds. The van der Waals surface area contributed by atoms with E-state index in [1.165, 1.54) is 0 Å². The Hall–Kier alpha value is -1.55. The van der Waals surface area contributed by atoms with Gasteiger partial charge in [-0.25, -0.2) is 0 Å². The zero-order valence-electron chi connectivity index (χ0n) is 14.6. The molecule has 3 rings (SSSR count). The highest BCUT2D eigenvalue weighted by Crippen LogP contribution is 2.22. The summed E-state index contributed by atoms with van der Waals surface area (Å²) in [4.78, 5) is 13.1. The number of nitrogens with one attached hydrogen (secondary N) is 2. The van der Waals surface area contributed by atoms with Crippen molar-refractivity contribution in [2.24, 2.45) is 0 Å². The summed E-state index contributed by atoms with van der Waals surface area (Å²) in [7, 11) is 0. The van der Waals surface area contributed by atoms with Gasteiger partial charge in [-0.1, -0.05) is 6.07 Å². The van der Waals surface area contributed by atoms with E-state index in [-0.39, 0.29) is 12.0 Å². The molecule has 0 aromatic carbocycles. The van der Waals surface area contributed by atoms with E-state index in [0.717, 1.165) is 36.6 Å². The number of carbonyl (C=O) groups excluding carboxylic acids is 1. The summed E-state index contributed by atoms with van der Waals surface area (Å²) in [5.74, 6) is 0.782. The number of amides is 1. The fraction of sp³-hybridized carbons (Fsp3) is 0.588. The number of aromatic nitrogens is 3. The summed E-state index contributed by atoms with van der Waals surface area (Å²) in [6.07, 6.45) is 3.62. The number of hydrogen-bond acceptors (Lipinski definition) is 6. The summed E-state index contributed by atoms with van der Waals surface area (Å²) in [6.45, 7) is 3.25. The number of ether oxygens (including phenoxy) is 2. The average Bonchev–Trinajstić information content (AvgIpc) is 3.38. The molecule has 0 saturated carbocycles. The lowest BCUT2D eigenvalue weighted by Gasteiger charge is -2.10. The van der Waals surface area contributed by atoms with E-state index < -0.39 is 0 Å². The van der Waals surface area contributed by atoms with Crippen LogP contribution in [0.25, 0.3) is 10.7 Å². The van der Waals surface area contributed by atoms with Crippen LogP contribution < -0.4 is 5.32 Å². The fourth-order valence-electron chi connectivity index (χ4n) is 2.81. The molecule has 9 heteroatoms. The van der Waals surface area contributed by atoms with Crippen LogP contribution in [0.1, 0.15) is 25.7 Å². The number of hydrogen-bond donors (Lipinski definition) is 2. The van der Waals surface area contributed by atoms with E-state index in [1.807, 2.05) is 22.1 Å². The zero-order valence-corrected chi connectivity index (χ0v) is 16.2. The van der Waals surface area contributed by atoms with E-state index in [2.05, 4.69) is 15.5 Å². The molecule has 0 bridgehead atoms. The fourth-order valence-corrected chi connectivity index (χ4v) is 3.76. The predicted molar refractivity (Wildman–Crippen MR) is 103 cm³/mol. The highest BCUT2D eigenvalue weighted by Gasteiger charge is 2.15. The van der Waals surface area contributed by atoms with Crippen LogP contribution in [0.3, 0.4) is 0 Å². The minimum absolute atomic E-state index is 0.00403. The Bertz CT molecular complexity index is 736. The summed E-state index contributed by atoms with van der Waals surface area (Å²) in [6, 6.07) is 3.96. The van der Waals surface area contributed by atoms with Gasteiger partial charge in [0.05, 0.1) is 17.6 Å². The van der Waals surface area contributed by atoms with Crippen LogP contribution in [0.15, 0.2) is 17.5 Å². The number of H-pyrrole nitrogens is 1. The molecule has 0 aliphatic carbocycles. The molecule has 0 spiro atoms. The third kappa shape index (κ3) is 5.47. The first-order valence-corrected chi connectivity index (χ1v) is 10.2. The van der Waals surface area contributed by atoms with Gasteiger partial charge in [0.25, 0.3) is 0 Å². The highest BCUT2D eigenvalue weighted by molar-refractivity contribution is 7.71. The number of carbonyl (C=O) groups is 1. The normalized spacial score (nSPS) is 16.8. The highest BCUT2D eigenvalue weighted by atomic mass is 32.1. The van der Waals surface area contributed by atoms with Crippen molar-refractivity contribution in [1.82, 2.24) is 20.1 Å². The molecule has 3 heterocycles. The van der Waals surface area contributed by atoms with Gasteiger partial charge in [0.2, 0.25) is 5.91 Å². The van der Waals surface area contributed by atoms with Crippen LogP contribution in [0.2, 0.25) is 0 Å². The molecule has 1 saturated heterocycles. The van der Waals surface area contributed by atoms with Gasteiger partial charge in [-0.2, -0.15) is 5.10 Å². The van der Waals surface area contributed by atoms with Crippen molar-refractivity contribution in [2.75, 3.05) is 26.4 Å². The van der Waals surface area contributed by atoms with E-state index in [9.17, 15) is 4.79 Å². The summed E-state index contributed by atoms with van der Waals surface area (Å²) < 4.78 is 13.5. The van der Waals surface area contributed by atoms with Crippen LogP contribution in [0, 0.1) is 4.77 Å². The lowest BCUT2D eigenvalue weighted by Crippen LogP contribution is -2.26. The Kier molecular flexibility index (Phi) is 7.36. The predicted octanol–water partition coefficient (Wildman–Crippen LogP) is 2.76. The van der Waals surface area contributed by atoms with E-state index >= 15 is 0 Å². The molecule has 7 nitrogen and oxygen atoms in total. The lowest BCUT2D eigenvalue weighted by atomic mass is 10.2. The van der Waals surface area contributed by atoms with Crippen molar-refractivity contribution in [3.63, 3.8) is 0 Å². The third-order valence-electron chi connectivity index (χ3n) is 4.18. The van der Waals surface area contributed by atoms with E-state index in [0.29, 0.717) is 37.5 Å². The standard InChI is InChI=1S/C17H24N4O3S2/c22-15(18-7-3-9-23-12-13-4-1-10-24-13)6-8-21-16(19-20-17(21)25)14-5-2-11-26-14/h2,5,11,13H,1,3-4,6-10,12H2,(H,18,22)(H,20,25). The second kappa shape index (κ2) is 9.96. The van der Waals surface area contributed by atoms with Crippen molar-refractivity contribution in [2.45, 2.75) is 38.3 Å². The van der Waals surface area contributed by atoms with Crippen molar-refractivity contribution < 1.29 is 14.3 Å². The molecule has 2 aromatic heterocycles. The number of nitrogens with zero attached hydrogens (tertiary/aromatic N) is 2. The minimum Gasteiger partial charge on any atom is -0.379 e. The van der Waals surface area contributed by atoms with Crippen LogP contribution >= 0.6 is 23.6 Å². The first-order valence-electron chi connectivity index (χ1n) is 8.89. The molecule has 2 aromatic rings.